The van der Waals surface area contributed by atoms with Gasteiger partial charge in [0, 0.05) is 25.8 Å². The van der Waals surface area contributed by atoms with Gasteiger partial charge in [-0.2, -0.15) is 0 Å². The molecule has 0 spiro atoms. The molecule has 1 fully saturated rings. The lowest BCUT2D eigenvalue weighted by molar-refractivity contribution is 0.0690. The number of hydrogen-bond acceptors (Lipinski definition) is 6. The first kappa shape index (κ1) is 16.1. The van der Waals surface area contributed by atoms with Crippen molar-refractivity contribution in [2.75, 3.05) is 36.5 Å². The second kappa shape index (κ2) is 7.22. The van der Waals surface area contributed by atoms with Gasteiger partial charge in [0.05, 0.1) is 13.2 Å². The van der Waals surface area contributed by atoms with Gasteiger partial charge in [-0.15, -0.1) is 0 Å². The number of morpholine rings is 1. The Kier molecular flexibility index (Phi) is 4.85. The van der Waals surface area contributed by atoms with Crippen LogP contribution in [0.15, 0.2) is 30.5 Å². The van der Waals surface area contributed by atoms with Crippen LogP contribution in [0.4, 0.5) is 16.0 Å². The molecule has 0 aliphatic carbocycles. The van der Waals surface area contributed by atoms with E-state index in [1.54, 1.807) is 18.3 Å². The van der Waals surface area contributed by atoms with Crippen LogP contribution >= 0.6 is 0 Å². The molecule has 2 aromatic rings. The van der Waals surface area contributed by atoms with Gasteiger partial charge in [-0.3, -0.25) is 0 Å². The molecule has 7 nitrogen and oxygen atoms in total. The topological polar surface area (TPSA) is 87.6 Å². The maximum Gasteiger partial charge on any atom is 0.354 e. The van der Waals surface area contributed by atoms with Crippen LogP contribution < -0.4 is 10.2 Å². The largest absolute Gasteiger partial charge is 0.477 e. The first-order valence-corrected chi connectivity index (χ1v) is 7.55. The van der Waals surface area contributed by atoms with E-state index in [-0.39, 0.29) is 11.5 Å². The Labute approximate surface area is 138 Å². The van der Waals surface area contributed by atoms with Crippen molar-refractivity contribution in [3.8, 4) is 0 Å². The monoisotopic (exact) mass is 332 g/mol. The SMILES string of the molecule is O=C(O)c1cccc(NCc2cnc(N3CCOCC3)c(F)c2)n1. The number of nitrogens with one attached hydrogen (secondary N) is 1. The lowest BCUT2D eigenvalue weighted by atomic mass is 10.2. The number of carbonyl (C=O) groups is 1. The third-order valence-corrected chi connectivity index (χ3v) is 3.63. The Morgan fingerprint density at radius 3 is 2.88 bits per heavy atom. The first-order valence-electron chi connectivity index (χ1n) is 7.55. The zero-order valence-corrected chi connectivity index (χ0v) is 12.9. The zero-order chi connectivity index (χ0) is 16.9. The van der Waals surface area contributed by atoms with Crippen molar-refractivity contribution >= 4 is 17.6 Å². The highest BCUT2D eigenvalue weighted by molar-refractivity contribution is 5.85. The number of carboxylic acid groups (broad SMARTS) is 1. The molecule has 1 aliphatic heterocycles. The molecule has 0 unspecified atom stereocenters. The Morgan fingerprint density at radius 1 is 1.38 bits per heavy atom. The van der Waals surface area contributed by atoms with E-state index in [1.165, 1.54) is 12.1 Å². The van der Waals surface area contributed by atoms with Gasteiger partial charge < -0.3 is 20.1 Å². The Hall–Kier alpha value is -2.74. The maximum atomic E-state index is 14.3. The molecule has 0 atom stereocenters. The molecule has 126 valence electrons. The highest BCUT2D eigenvalue weighted by Crippen LogP contribution is 2.19. The normalized spacial score (nSPS) is 14.5. The van der Waals surface area contributed by atoms with E-state index in [4.69, 9.17) is 9.84 Å². The number of carboxylic acids is 1. The smallest absolute Gasteiger partial charge is 0.354 e. The van der Waals surface area contributed by atoms with Gasteiger partial charge in [0.15, 0.2) is 17.3 Å². The van der Waals surface area contributed by atoms with E-state index in [0.717, 1.165) is 0 Å². The molecule has 8 heteroatoms. The number of rotatable bonds is 5. The van der Waals surface area contributed by atoms with Crippen LogP contribution in [-0.4, -0.2) is 47.3 Å². The predicted molar refractivity (Wildman–Crippen MR) is 85.8 cm³/mol. The second-order valence-corrected chi connectivity index (χ2v) is 5.32. The number of ether oxygens (including phenoxy) is 1. The minimum Gasteiger partial charge on any atom is -0.477 e. The van der Waals surface area contributed by atoms with Crippen LogP contribution in [0.5, 0.6) is 0 Å². The molecule has 0 amide bonds. The molecule has 0 aromatic carbocycles. The lowest BCUT2D eigenvalue weighted by Crippen LogP contribution is -2.37. The molecule has 2 N–H and O–H groups in total. The quantitative estimate of drug-likeness (QED) is 0.862. The van der Waals surface area contributed by atoms with Crippen LogP contribution in [-0.2, 0) is 11.3 Å². The van der Waals surface area contributed by atoms with Crippen LogP contribution in [0.25, 0.3) is 0 Å². The van der Waals surface area contributed by atoms with Crippen molar-refractivity contribution in [3.63, 3.8) is 0 Å². The summed E-state index contributed by atoms with van der Waals surface area (Å²) >= 11 is 0. The van der Waals surface area contributed by atoms with Gasteiger partial charge in [0.1, 0.15) is 5.82 Å². The molecule has 0 saturated carbocycles. The maximum absolute atomic E-state index is 14.3. The van der Waals surface area contributed by atoms with E-state index >= 15 is 0 Å². The lowest BCUT2D eigenvalue weighted by Gasteiger charge is -2.28. The van der Waals surface area contributed by atoms with E-state index < -0.39 is 5.97 Å². The van der Waals surface area contributed by atoms with Crippen LogP contribution in [0.1, 0.15) is 16.1 Å². The van der Waals surface area contributed by atoms with Crippen molar-refractivity contribution in [1.29, 1.82) is 0 Å². The predicted octanol–water partition coefficient (Wildman–Crippen LogP) is 1.76. The minimum atomic E-state index is -1.10. The van der Waals surface area contributed by atoms with Crippen LogP contribution in [0.3, 0.4) is 0 Å². The Morgan fingerprint density at radius 2 is 2.17 bits per heavy atom. The third-order valence-electron chi connectivity index (χ3n) is 3.63. The molecular formula is C16H17FN4O3. The second-order valence-electron chi connectivity index (χ2n) is 5.32. The minimum absolute atomic E-state index is 0.0491. The molecular weight excluding hydrogens is 315 g/mol. The highest BCUT2D eigenvalue weighted by Gasteiger charge is 2.16. The fourth-order valence-electron chi connectivity index (χ4n) is 2.42. The fraction of sp³-hybridized carbons (Fsp3) is 0.312. The summed E-state index contributed by atoms with van der Waals surface area (Å²) in [5, 5.41) is 11.9. The van der Waals surface area contributed by atoms with Gasteiger partial charge in [-0.1, -0.05) is 6.07 Å². The van der Waals surface area contributed by atoms with Gasteiger partial charge in [-0.05, 0) is 23.8 Å². The molecule has 2 aromatic heterocycles. The van der Waals surface area contributed by atoms with E-state index in [9.17, 15) is 9.18 Å². The van der Waals surface area contributed by atoms with Crippen LogP contribution in [0, 0.1) is 5.82 Å². The van der Waals surface area contributed by atoms with E-state index in [1.807, 2.05) is 4.90 Å². The summed E-state index contributed by atoms with van der Waals surface area (Å²) in [4.78, 5) is 20.9. The fourth-order valence-corrected chi connectivity index (χ4v) is 2.42. The van der Waals surface area contributed by atoms with Crippen molar-refractivity contribution in [1.82, 2.24) is 9.97 Å². The van der Waals surface area contributed by atoms with E-state index in [0.29, 0.717) is 50.0 Å². The summed E-state index contributed by atoms with van der Waals surface area (Å²) in [5.41, 5.74) is 0.596. The standard InChI is InChI=1S/C16H17FN4O3/c17-12-8-11(10-19-15(12)21-4-6-24-7-5-21)9-18-14-3-1-2-13(20-14)16(22)23/h1-3,8,10H,4-7,9H2,(H,18,20)(H,22,23). The number of nitrogens with zero attached hydrogens (tertiary/aromatic N) is 3. The van der Waals surface area contributed by atoms with Gasteiger partial charge >= 0.3 is 5.97 Å². The summed E-state index contributed by atoms with van der Waals surface area (Å²) in [6.07, 6.45) is 1.60. The van der Waals surface area contributed by atoms with E-state index in [2.05, 4.69) is 15.3 Å². The molecule has 0 bridgehead atoms. The van der Waals surface area contributed by atoms with Crippen molar-refractivity contribution < 1.29 is 19.0 Å². The Balaban J connectivity index is 1.66. The highest BCUT2D eigenvalue weighted by atomic mass is 19.1. The van der Waals surface area contributed by atoms with Crippen molar-refractivity contribution in [3.05, 3.63) is 47.5 Å². The first-order chi connectivity index (χ1) is 11.6. The summed E-state index contributed by atoms with van der Waals surface area (Å²) < 4.78 is 19.5. The summed E-state index contributed by atoms with van der Waals surface area (Å²) in [5.74, 6) is -0.745. The van der Waals surface area contributed by atoms with Gasteiger partial charge in [0.25, 0.3) is 0 Å². The molecule has 1 aliphatic rings. The number of anilines is 2. The van der Waals surface area contributed by atoms with Gasteiger partial charge in [0.2, 0.25) is 0 Å². The summed E-state index contributed by atoms with van der Waals surface area (Å²) in [7, 11) is 0. The third kappa shape index (κ3) is 3.77. The van der Waals surface area contributed by atoms with Gasteiger partial charge in [-0.25, -0.2) is 19.2 Å². The van der Waals surface area contributed by atoms with Crippen LogP contribution in [0.2, 0.25) is 0 Å². The average molecular weight is 332 g/mol. The summed E-state index contributed by atoms with van der Waals surface area (Å²) in [6, 6.07) is 6.08. The molecule has 24 heavy (non-hydrogen) atoms. The zero-order valence-electron chi connectivity index (χ0n) is 12.9. The number of halogens is 1. The number of aromatic nitrogens is 2. The Bertz CT molecular complexity index is 735. The van der Waals surface area contributed by atoms with Crippen molar-refractivity contribution in [2.45, 2.75) is 6.54 Å². The van der Waals surface area contributed by atoms with Crippen molar-refractivity contribution in [2.24, 2.45) is 0 Å². The molecule has 0 radical (unpaired) electrons. The summed E-state index contributed by atoms with van der Waals surface area (Å²) in [6.45, 7) is 2.66. The molecule has 3 heterocycles. The number of aromatic carboxylic acids is 1. The molecule has 3 rings (SSSR count). The molecule has 1 saturated heterocycles. The average Bonchev–Trinajstić information content (AvgIpc) is 2.61. The number of hydrogen-bond donors (Lipinski definition) is 2. The number of pyridine rings is 2.